The second kappa shape index (κ2) is 7.30. The summed E-state index contributed by atoms with van der Waals surface area (Å²) in [6.07, 6.45) is 7.42. The predicted octanol–water partition coefficient (Wildman–Crippen LogP) is 3.70. The van der Waals surface area contributed by atoms with Gasteiger partial charge in [0, 0.05) is 30.9 Å². The first-order valence-electron chi connectivity index (χ1n) is 8.67. The van der Waals surface area contributed by atoms with E-state index in [1.54, 1.807) is 12.1 Å². The Morgan fingerprint density at radius 2 is 1.65 bits per heavy atom. The summed E-state index contributed by atoms with van der Waals surface area (Å²) in [5.41, 5.74) is 0.640. The maximum Gasteiger partial charge on any atom is 0.321 e. The minimum absolute atomic E-state index is 0.0847. The number of amides is 2. The van der Waals surface area contributed by atoms with Crippen LogP contribution < -0.4 is 5.32 Å². The van der Waals surface area contributed by atoms with E-state index < -0.39 is 0 Å². The Morgan fingerprint density at radius 3 is 2.26 bits per heavy atom. The summed E-state index contributed by atoms with van der Waals surface area (Å²) in [7, 11) is 2.24. The highest BCUT2D eigenvalue weighted by Gasteiger charge is 2.29. The molecule has 0 radical (unpaired) electrons. The monoisotopic (exact) mass is 319 g/mol. The third-order valence-corrected chi connectivity index (χ3v) is 5.32. The van der Waals surface area contributed by atoms with E-state index in [1.807, 2.05) is 4.90 Å². The summed E-state index contributed by atoms with van der Waals surface area (Å²) in [5.74, 6) is -0.293. The highest BCUT2D eigenvalue weighted by Crippen LogP contribution is 2.27. The molecule has 1 heterocycles. The maximum atomic E-state index is 12.9. The number of nitrogens with one attached hydrogen (secondary N) is 1. The summed E-state index contributed by atoms with van der Waals surface area (Å²) >= 11 is 0. The number of nitrogens with zero attached hydrogens (tertiary/aromatic N) is 2. The van der Waals surface area contributed by atoms with Crippen molar-refractivity contribution in [1.29, 1.82) is 0 Å². The van der Waals surface area contributed by atoms with Gasteiger partial charge in [-0.15, -0.1) is 0 Å². The molecule has 0 aromatic heterocycles. The second-order valence-electron chi connectivity index (χ2n) is 6.76. The Balaban J connectivity index is 1.48. The van der Waals surface area contributed by atoms with E-state index in [0.29, 0.717) is 11.7 Å². The first kappa shape index (κ1) is 16.2. The molecule has 0 spiro atoms. The number of piperidine rings is 1. The minimum Gasteiger partial charge on any atom is -0.324 e. The quantitative estimate of drug-likeness (QED) is 0.922. The lowest BCUT2D eigenvalue weighted by molar-refractivity contribution is 0.110. The molecule has 1 N–H and O–H groups in total. The average Bonchev–Trinajstić information content (AvgIpc) is 3.11. The molecule has 1 aliphatic heterocycles. The molecule has 1 aromatic carbocycles. The molecule has 23 heavy (non-hydrogen) atoms. The zero-order valence-electron chi connectivity index (χ0n) is 13.8. The minimum atomic E-state index is -0.293. The van der Waals surface area contributed by atoms with Crippen molar-refractivity contribution in [3.8, 4) is 0 Å². The lowest BCUT2D eigenvalue weighted by Crippen LogP contribution is -2.49. The van der Waals surface area contributed by atoms with E-state index in [9.17, 15) is 9.18 Å². The van der Waals surface area contributed by atoms with Crippen LogP contribution in [0.2, 0.25) is 0 Å². The number of benzene rings is 1. The lowest BCUT2D eigenvalue weighted by Gasteiger charge is -2.39. The van der Waals surface area contributed by atoms with Crippen molar-refractivity contribution in [3.63, 3.8) is 0 Å². The highest BCUT2D eigenvalue weighted by molar-refractivity contribution is 5.89. The smallest absolute Gasteiger partial charge is 0.321 e. The summed E-state index contributed by atoms with van der Waals surface area (Å²) in [6.45, 7) is 1.57. The molecule has 1 saturated carbocycles. The van der Waals surface area contributed by atoms with Crippen LogP contribution in [0.5, 0.6) is 0 Å². The summed E-state index contributed by atoms with van der Waals surface area (Å²) < 4.78 is 12.9. The van der Waals surface area contributed by atoms with Crippen molar-refractivity contribution in [2.24, 2.45) is 0 Å². The van der Waals surface area contributed by atoms with Gasteiger partial charge >= 0.3 is 6.03 Å². The van der Waals surface area contributed by atoms with Gasteiger partial charge in [0.2, 0.25) is 0 Å². The molecular formula is C18H26FN3O. The van der Waals surface area contributed by atoms with Crippen LogP contribution in [-0.4, -0.2) is 48.1 Å². The Labute approximate surface area is 137 Å². The Hall–Kier alpha value is -1.62. The van der Waals surface area contributed by atoms with Gasteiger partial charge in [0.1, 0.15) is 5.82 Å². The van der Waals surface area contributed by atoms with Crippen LogP contribution in [0.25, 0.3) is 0 Å². The number of likely N-dealkylation sites (tertiary alicyclic amines) is 1. The van der Waals surface area contributed by atoms with Crippen LogP contribution in [0.3, 0.4) is 0 Å². The van der Waals surface area contributed by atoms with Gasteiger partial charge in [-0.05, 0) is 57.0 Å². The number of hydrogen-bond acceptors (Lipinski definition) is 2. The van der Waals surface area contributed by atoms with Gasteiger partial charge in [0.15, 0.2) is 0 Å². The fourth-order valence-corrected chi connectivity index (χ4v) is 3.82. The van der Waals surface area contributed by atoms with Crippen molar-refractivity contribution in [1.82, 2.24) is 9.80 Å². The molecular weight excluding hydrogens is 293 g/mol. The SMILES string of the molecule is CN(C1CCCC1)C1CCN(C(=O)Nc2ccc(F)cc2)CC1. The standard InChI is InChI=1S/C18H26FN3O/c1-21(16-4-2-3-5-16)17-10-12-22(13-11-17)18(23)20-15-8-6-14(19)7-9-15/h6-9,16-17H,2-5,10-13H2,1H3,(H,20,23). The molecule has 2 amide bonds. The largest absolute Gasteiger partial charge is 0.324 e. The number of carbonyl (C=O) groups is 1. The molecule has 3 rings (SSSR count). The highest BCUT2D eigenvalue weighted by atomic mass is 19.1. The molecule has 0 atom stereocenters. The van der Waals surface area contributed by atoms with Gasteiger partial charge in [-0.25, -0.2) is 9.18 Å². The van der Waals surface area contributed by atoms with Crippen LogP contribution in [0.4, 0.5) is 14.9 Å². The van der Waals surface area contributed by atoms with E-state index in [1.165, 1.54) is 37.8 Å². The van der Waals surface area contributed by atoms with Gasteiger partial charge in [-0.3, -0.25) is 0 Å². The van der Waals surface area contributed by atoms with Gasteiger partial charge in [0.25, 0.3) is 0 Å². The first-order chi connectivity index (χ1) is 11.1. The zero-order valence-corrected chi connectivity index (χ0v) is 13.8. The Kier molecular flexibility index (Phi) is 5.16. The zero-order chi connectivity index (χ0) is 16.2. The van der Waals surface area contributed by atoms with Crippen molar-refractivity contribution >= 4 is 11.7 Å². The van der Waals surface area contributed by atoms with Crippen molar-refractivity contribution in [2.45, 2.75) is 50.6 Å². The normalized spacial score (nSPS) is 20.2. The third-order valence-electron chi connectivity index (χ3n) is 5.32. The van der Waals surface area contributed by atoms with E-state index in [4.69, 9.17) is 0 Å². The lowest BCUT2D eigenvalue weighted by atomic mass is 10.0. The number of carbonyl (C=O) groups excluding carboxylic acids is 1. The molecule has 1 aliphatic carbocycles. The summed E-state index contributed by atoms with van der Waals surface area (Å²) in [4.78, 5) is 16.7. The van der Waals surface area contributed by atoms with Crippen LogP contribution >= 0.6 is 0 Å². The molecule has 126 valence electrons. The molecule has 2 aliphatic rings. The topological polar surface area (TPSA) is 35.6 Å². The third kappa shape index (κ3) is 4.02. The summed E-state index contributed by atoms with van der Waals surface area (Å²) in [6, 6.07) is 7.14. The van der Waals surface area contributed by atoms with Crippen molar-refractivity contribution in [2.75, 3.05) is 25.5 Å². The average molecular weight is 319 g/mol. The number of halogens is 1. The van der Waals surface area contributed by atoms with Gasteiger partial charge in [-0.1, -0.05) is 12.8 Å². The number of hydrogen-bond donors (Lipinski definition) is 1. The Morgan fingerprint density at radius 1 is 1.09 bits per heavy atom. The van der Waals surface area contributed by atoms with E-state index in [2.05, 4.69) is 17.3 Å². The fourth-order valence-electron chi connectivity index (χ4n) is 3.82. The molecule has 1 saturated heterocycles. The molecule has 2 fully saturated rings. The van der Waals surface area contributed by atoms with Crippen LogP contribution in [-0.2, 0) is 0 Å². The summed E-state index contributed by atoms with van der Waals surface area (Å²) in [5, 5.41) is 2.84. The van der Waals surface area contributed by atoms with Crippen LogP contribution in [0.1, 0.15) is 38.5 Å². The van der Waals surface area contributed by atoms with E-state index >= 15 is 0 Å². The number of urea groups is 1. The number of rotatable bonds is 3. The van der Waals surface area contributed by atoms with E-state index in [-0.39, 0.29) is 11.8 Å². The van der Waals surface area contributed by atoms with Crippen molar-refractivity contribution in [3.05, 3.63) is 30.1 Å². The predicted molar refractivity (Wildman–Crippen MR) is 90.0 cm³/mol. The first-order valence-corrected chi connectivity index (χ1v) is 8.67. The van der Waals surface area contributed by atoms with Crippen LogP contribution in [0, 0.1) is 5.82 Å². The molecule has 5 heteroatoms. The number of anilines is 1. The fraction of sp³-hybridized carbons (Fsp3) is 0.611. The van der Waals surface area contributed by atoms with Crippen LogP contribution in [0.15, 0.2) is 24.3 Å². The maximum absolute atomic E-state index is 12.9. The van der Waals surface area contributed by atoms with Gasteiger partial charge < -0.3 is 15.1 Å². The molecule has 4 nitrogen and oxygen atoms in total. The molecule has 1 aromatic rings. The van der Waals surface area contributed by atoms with E-state index in [0.717, 1.165) is 32.0 Å². The Bertz CT molecular complexity index is 520. The van der Waals surface area contributed by atoms with Gasteiger partial charge in [0.05, 0.1) is 0 Å². The van der Waals surface area contributed by atoms with Crippen molar-refractivity contribution < 1.29 is 9.18 Å². The second-order valence-corrected chi connectivity index (χ2v) is 6.76. The van der Waals surface area contributed by atoms with Gasteiger partial charge in [-0.2, -0.15) is 0 Å². The molecule has 0 bridgehead atoms. The molecule has 0 unspecified atom stereocenters.